The third-order valence-electron chi connectivity index (χ3n) is 3.44. The summed E-state index contributed by atoms with van der Waals surface area (Å²) >= 11 is 6.07. The monoisotopic (exact) mass is 310 g/mol. The Morgan fingerprint density at radius 2 is 1.71 bits per heavy atom. The minimum Gasteiger partial charge on any atom is -0.399 e. The Bertz CT molecular complexity index is 554. The highest BCUT2D eigenvalue weighted by Crippen LogP contribution is 2.21. The van der Waals surface area contributed by atoms with Gasteiger partial charge in [-0.15, -0.1) is 0 Å². The Hall–Kier alpha value is -1.95. The zero-order valence-electron chi connectivity index (χ0n) is 12.2. The third-order valence-corrected chi connectivity index (χ3v) is 3.76. The van der Waals surface area contributed by atoms with Gasteiger partial charge < -0.3 is 20.4 Å². The number of piperazine rings is 1. The maximum absolute atomic E-state index is 12.4. The first kappa shape index (κ1) is 15.4. The molecular formula is C14H19ClN4O2. The lowest BCUT2D eigenvalue weighted by Crippen LogP contribution is -2.52. The molecule has 0 atom stereocenters. The van der Waals surface area contributed by atoms with Crippen LogP contribution in [0, 0.1) is 0 Å². The first-order valence-corrected chi connectivity index (χ1v) is 7.08. The van der Waals surface area contributed by atoms with Gasteiger partial charge in [0, 0.05) is 46.0 Å². The van der Waals surface area contributed by atoms with Crippen molar-refractivity contribution < 1.29 is 9.59 Å². The van der Waals surface area contributed by atoms with E-state index in [1.54, 1.807) is 42.1 Å². The Morgan fingerprint density at radius 3 is 2.24 bits per heavy atom. The number of carbonyl (C=O) groups is 2. The average Bonchev–Trinajstić information content (AvgIpc) is 2.46. The van der Waals surface area contributed by atoms with E-state index in [1.165, 1.54) is 4.90 Å². The van der Waals surface area contributed by atoms with Crippen molar-refractivity contribution >= 4 is 29.2 Å². The average molecular weight is 311 g/mol. The predicted octanol–water partition coefficient (Wildman–Crippen LogP) is 1.36. The fourth-order valence-corrected chi connectivity index (χ4v) is 2.53. The first-order valence-electron chi connectivity index (χ1n) is 6.70. The maximum Gasteiger partial charge on any atom is 0.319 e. The number of hydrogen-bond donors (Lipinski definition) is 1. The van der Waals surface area contributed by atoms with Gasteiger partial charge in [-0.3, -0.25) is 4.79 Å². The fraction of sp³-hybridized carbons (Fsp3) is 0.429. The summed E-state index contributed by atoms with van der Waals surface area (Å²) in [5.41, 5.74) is 6.60. The molecule has 0 radical (unpaired) electrons. The lowest BCUT2D eigenvalue weighted by atomic mass is 10.1. The highest BCUT2D eigenvalue weighted by Gasteiger charge is 2.26. The summed E-state index contributed by atoms with van der Waals surface area (Å²) in [6, 6.07) is 4.83. The number of anilines is 1. The molecule has 0 spiro atoms. The lowest BCUT2D eigenvalue weighted by molar-refractivity contribution is 0.0650. The van der Waals surface area contributed by atoms with Gasteiger partial charge in [0.15, 0.2) is 0 Å². The van der Waals surface area contributed by atoms with Crippen LogP contribution in [0.3, 0.4) is 0 Å². The molecular weight excluding hydrogens is 292 g/mol. The molecule has 2 rings (SSSR count). The highest BCUT2D eigenvalue weighted by molar-refractivity contribution is 6.34. The molecule has 1 aromatic carbocycles. The minimum atomic E-state index is -0.128. The maximum atomic E-state index is 12.4. The summed E-state index contributed by atoms with van der Waals surface area (Å²) in [5.74, 6) is -0.128. The molecule has 2 N–H and O–H groups in total. The summed E-state index contributed by atoms with van der Waals surface area (Å²) in [6.07, 6.45) is 0. The van der Waals surface area contributed by atoms with Gasteiger partial charge in [0.2, 0.25) is 0 Å². The highest BCUT2D eigenvalue weighted by atomic mass is 35.5. The molecule has 1 aliphatic heterocycles. The summed E-state index contributed by atoms with van der Waals surface area (Å²) in [5, 5.41) is 0.354. The van der Waals surface area contributed by atoms with Crippen molar-refractivity contribution in [2.24, 2.45) is 0 Å². The van der Waals surface area contributed by atoms with Crippen LogP contribution in [0.25, 0.3) is 0 Å². The smallest absolute Gasteiger partial charge is 0.319 e. The first-order chi connectivity index (χ1) is 9.90. The van der Waals surface area contributed by atoms with Crippen LogP contribution in [0.2, 0.25) is 5.02 Å². The summed E-state index contributed by atoms with van der Waals surface area (Å²) in [7, 11) is 3.43. The van der Waals surface area contributed by atoms with Crippen LogP contribution < -0.4 is 5.73 Å². The van der Waals surface area contributed by atoms with E-state index in [0.29, 0.717) is 42.5 Å². The number of nitrogens with zero attached hydrogens (tertiary/aromatic N) is 3. The Balaban J connectivity index is 2.02. The number of benzene rings is 1. The van der Waals surface area contributed by atoms with E-state index in [2.05, 4.69) is 0 Å². The van der Waals surface area contributed by atoms with E-state index < -0.39 is 0 Å². The van der Waals surface area contributed by atoms with Crippen LogP contribution in [-0.4, -0.2) is 66.9 Å². The molecule has 0 aliphatic carbocycles. The molecule has 1 aliphatic rings. The topological polar surface area (TPSA) is 69.9 Å². The largest absolute Gasteiger partial charge is 0.399 e. The van der Waals surface area contributed by atoms with E-state index in [4.69, 9.17) is 17.3 Å². The minimum absolute atomic E-state index is 0.0346. The van der Waals surface area contributed by atoms with Crippen molar-refractivity contribution in [3.05, 3.63) is 28.8 Å². The Kier molecular flexibility index (Phi) is 4.57. The SMILES string of the molecule is CN(C)C(=O)N1CCN(C(=O)c2ccc(N)cc2Cl)CC1. The number of hydrogen-bond acceptors (Lipinski definition) is 3. The Morgan fingerprint density at radius 1 is 1.14 bits per heavy atom. The van der Waals surface area contributed by atoms with Crippen LogP contribution in [-0.2, 0) is 0 Å². The van der Waals surface area contributed by atoms with Crippen molar-refractivity contribution in [1.29, 1.82) is 0 Å². The zero-order chi connectivity index (χ0) is 15.6. The number of halogens is 1. The number of nitrogens with two attached hydrogens (primary N) is 1. The second kappa shape index (κ2) is 6.22. The second-order valence-corrected chi connectivity index (χ2v) is 5.60. The molecule has 6 nitrogen and oxygen atoms in total. The van der Waals surface area contributed by atoms with Crippen molar-refractivity contribution in [2.45, 2.75) is 0 Å². The Labute approximate surface area is 129 Å². The predicted molar refractivity (Wildman–Crippen MR) is 82.4 cm³/mol. The molecule has 1 saturated heterocycles. The van der Waals surface area contributed by atoms with Gasteiger partial charge in [-0.05, 0) is 18.2 Å². The molecule has 1 fully saturated rings. The van der Waals surface area contributed by atoms with E-state index >= 15 is 0 Å². The molecule has 0 saturated carbocycles. The van der Waals surface area contributed by atoms with Crippen LogP contribution >= 0.6 is 11.6 Å². The van der Waals surface area contributed by atoms with E-state index in [9.17, 15) is 9.59 Å². The fourth-order valence-electron chi connectivity index (χ4n) is 2.26. The third kappa shape index (κ3) is 3.39. The molecule has 114 valence electrons. The lowest BCUT2D eigenvalue weighted by Gasteiger charge is -2.36. The number of carbonyl (C=O) groups excluding carboxylic acids is 2. The standard InChI is InChI=1S/C14H19ClN4O2/c1-17(2)14(21)19-7-5-18(6-8-19)13(20)11-4-3-10(16)9-12(11)15/h3-4,9H,5-8,16H2,1-2H3. The van der Waals surface area contributed by atoms with Gasteiger partial charge in [-0.2, -0.15) is 0 Å². The number of amides is 3. The number of nitrogen functional groups attached to an aromatic ring is 1. The molecule has 21 heavy (non-hydrogen) atoms. The van der Waals surface area contributed by atoms with Crippen molar-refractivity contribution in [1.82, 2.24) is 14.7 Å². The van der Waals surface area contributed by atoms with Gasteiger partial charge >= 0.3 is 6.03 Å². The number of rotatable bonds is 1. The molecule has 1 heterocycles. The van der Waals surface area contributed by atoms with Crippen LogP contribution in [0.5, 0.6) is 0 Å². The molecule has 0 unspecified atom stereocenters. The van der Waals surface area contributed by atoms with Gasteiger partial charge in [-0.25, -0.2) is 4.79 Å². The van der Waals surface area contributed by atoms with Crippen LogP contribution in [0.15, 0.2) is 18.2 Å². The van der Waals surface area contributed by atoms with Crippen molar-refractivity contribution in [3.63, 3.8) is 0 Å². The van der Waals surface area contributed by atoms with Gasteiger partial charge in [0.05, 0.1) is 10.6 Å². The van der Waals surface area contributed by atoms with Crippen LogP contribution in [0.1, 0.15) is 10.4 Å². The van der Waals surface area contributed by atoms with E-state index in [0.717, 1.165) is 0 Å². The normalized spacial score (nSPS) is 15.0. The molecule has 7 heteroatoms. The van der Waals surface area contributed by atoms with E-state index in [1.807, 2.05) is 0 Å². The molecule has 0 aromatic heterocycles. The van der Waals surface area contributed by atoms with Crippen molar-refractivity contribution in [3.8, 4) is 0 Å². The van der Waals surface area contributed by atoms with Gasteiger partial charge in [-0.1, -0.05) is 11.6 Å². The van der Waals surface area contributed by atoms with Gasteiger partial charge in [0.1, 0.15) is 0 Å². The zero-order valence-corrected chi connectivity index (χ0v) is 12.9. The molecule has 3 amide bonds. The number of urea groups is 1. The van der Waals surface area contributed by atoms with Crippen LogP contribution in [0.4, 0.5) is 10.5 Å². The second-order valence-electron chi connectivity index (χ2n) is 5.20. The van der Waals surface area contributed by atoms with Gasteiger partial charge in [0.25, 0.3) is 5.91 Å². The molecule has 0 bridgehead atoms. The summed E-state index contributed by atoms with van der Waals surface area (Å²) in [4.78, 5) is 29.3. The molecule has 1 aromatic rings. The van der Waals surface area contributed by atoms with Crippen molar-refractivity contribution in [2.75, 3.05) is 46.0 Å². The quantitative estimate of drug-likeness (QED) is 0.796. The summed E-state index contributed by atoms with van der Waals surface area (Å²) in [6.45, 7) is 2.04. The van der Waals surface area contributed by atoms with E-state index in [-0.39, 0.29) is 11.9 Å². The summed E-state index contributed by atoms with van der Waals surface area (Å²) < 4.78 is 0.